The fourth-order valence-electron chi connectivity index (χ4n) is 2.72. The Balaban J connectivity index is 1.81. The molecule has 4 nitrogen and oxygen atoms in total. The highest BCUT2D eigenvalue weighted by molar-refractivity contribution is 7.91. The van der Waals surface area contributed by atoms with Crippen LogP contribution in [0.4, 0.5) is 0 Å². The van der Waals surface area contributed by atoms with E-state index in [0.29, 0.717) is 23.3 Å². The highest BCUT2D eigenvalue weighted by Crippen LogP contribution is 2.27. The monoisotopic (exact) mass is 272 g/mol. The zero-order valence-electron chi connectivity index (χ0n) is 9.58. The van der Waals surface area contributed by atoms with Crippen LogP contribution >= 0.6 is 11.3 Å². The highest BCUT2D eigenvalue weighted by Gasteiger charge is 2.36. The summed E-state index contributed by atoms with van der Waals surface area (Å²) in [6, 6.07) is 3.93. The SMILES string of the molecule is O=S(=O)(c1cccs1)N1CCN2CCCC2C1. The summed E-state index contributed by atoms with van der Waals surface area (Å²) in [6.45, 7) is 3.32. The van der Waals surface area contributed by atoms with Crippen LogP contribution in [0, 0.1) is 0 Å². The van der Waals surface area contributed by atoms with E-state index in [9.17, 15) is 8.42 Å². The lowest BCUT2D eigenvalue weighted by Crippen LogP contribution is -2.51. The summed E-state index contributed by atoms with van der Waals surface area (Å²) in [7, 11) is -3.23. The van der Waals surface area contributed by atoms with Gasteiger partial charge in [-0.25, -0.2) is 8.42 Å². The second-order valence-corrected chi connectivity index (χ2v) is 7.74. The Kier molecular flexibility index (Phi) is 2.98. The van der Waals surface area contributed by atoms with Gasteiger partial charge >= 0.3 is 0 Å². The van der Waals surface area contributed by atoms with Crippen molar-refractivity contribution in [2.24, 2.45) is 0 Å². The van der Waals surface area contributed by atoms with E-state index in [0.717, 1.165) is 19.5 Å². The number of hydrogen-bond donors (Lipinski definition) is 0. The van der Waals surface area contributed by atoms with Crippen molar-refractivity contribution in [3.8, 4) is 0 Å². The second kappa shape index (κ2) is 4.35. The summed E-state index contributed by atoms with van der Waals surface area (Å²) in [4.78, 5) is 2.42. The summed E-state index contributed by atoms with van der Waals surface area (Å²) < 4.78 is 26.8. The van der Waals surface area contributed by atoms with Gasteiger partial charge in [0.15, 0.2) is 0 Å². The number of thiophene rings is 1. The minimum absolute atomic E-state index is 0.443. The lowest BCUT2D eigenvalue weighted by Gasteiger charge is -2.36. The predicted octanol–water partition coefficient (Wildman–Crippen LogP) is 1.22. The molecular weight excluding hydrogens is 256 g/mol. The molecule has 2 fully saturated rings. The maximum atomic E-state index is 12.4. The molecule has 0 amide bonds. The fraction of sp³-hybridized carbons (Fsp3) is 0.636. The first-order chi connectivity index (χ1) is 8.18. The van der Waals surface area contributed by atoms with Crippen molar-refractivity contribution in [1.82, 2.24) is 9.21 Å². The van der Waals surface area contributed by atoms with Gasteiger partial charge in [0.05, 0.1) is 0 Å². The van der Waals surface area contributed by atoms with Crippen LogP contribution in [0.1, 0.15) is 12.8 Å². The minimum Gasteiger partial charge on any atom is -0.298 e. The van der Waals surface area contributed by atoms with Crippen LogP contribution < -0.4 is 0 Å². The molecule has 6 heteroatoms. The van der Waals surface area contributed by atoms with E-state index >= 15 is 0 Å². The molecule has 0 spiro atoms. The van der Waals surface area contributed by atoms with E-state index in [1.165, 1.54) is 17.8 Å². The molecule has 0 radical (unpaired) electrons. The summed E-state index contributed by atoms with van der Waals surface area (Å²) in [5, 5.41) is 1.82. The van der Waals surface area contributed by atoms with Crippen LogP contribution in [-0.4, -0.2) is 49.8 Å². The molecular formula is C11H16N2O2S2. The molecule has 94 valence electrons. The van der Waals surface area contributed by atoms with Crippen LogP contribution in [0.5, 0.6) is 0 Å². The number of nitrogens with zero attached hydrogens (tertiary/aromatic N) is 2. The van der Waals surface area contributed by atoms with Gasteiger partial charge in [-0.2, -0.15) is 4.31 Å². The Morgan fingerprint density at radius 3 is 2.94 bits per heavy atom. The molecule has 1 atom stereocenters. The highest BCUT2D eigenvalue weighted by atomic mass is 32.2. The number of sulfonamides is 1. The third-order valence-corrected chi connectivity index (χ3v) is 6.88. The molecule has 2 aliphatic heterocycles. The van der Waals surface area contributed by atoms with Crippen molar-refractivity contribution < 1.29 is 8.42 Å². The Morgan fingerprint density at radius 1 is 1.29 bits per heavy atom. The maximum absolute atomic E-state index is 12.4. The van der Waals surface area contributed by atoms with Gasteiger partial charge in [-0.3, -0.25) is 4.90 Å². The van der Waals surface area contributed by atoms with Crippen LogP contribution in [0.2, 0.25) is 0 Å². The van der Waals surface area contributed by atoms with Crippen molar-refractivity contribution in [3.63, 3.8) is 0 Å². The molecule has 2 aliphatic rings. The Labute approximate surface area is 106 Å². The molecule has 0 bridgehead atoms. The Hall–Kier alpha value is -0.430. The first kappa shape index (κ1) is 11.6. The van der Waals surface area contributed by atoms with E-state index in [-0.39, 0.29) is 0 Å². The molecule has 3 rings (SSSR count). The molecule has 3 heterocycles. The summed E-state index contributed by atoms with van der Waals surface area (Å²) in [5.41, 5.74) is 0. The lowest BCUT2D eigenvalue weighted by atomic mass is 10.2. The van der Waals surface area contributed by atoms with E-state index in [4.69, 9.17) is 0 Å². The van der Waals surface area contributed by atoms with Gasteiger partial charge in [0, 0.05) is 25.7 Å². The van der Waals surface area contributed by atoms with Gasteiger partial charge in [0.2, 0.25) is 0 Å². The quantitative estimate of drug-likeness (QED) is 0.813. The van der Waals surface area contributed by atoms with E-state index < -0.39 is 10.0 Å². The summed E-state index contributed by atoms with van der Waals surface area (Å²) in [6.07, 6.45) is 2.34. The predicted molar refractivity (Wildman–Crippen MR) is 67.7 cm³/mol. The van der Waals surface area contributed by atoms with Crippen molar-refractivity contribution in [3.05, 3.63) is 17.5 Å². The minimum atomic E-state index is -3.23. The molecule has 0 aliphatic carbocycles. The van der Waals surface area contributed by atoms with Crippen molar-refractivity contribution in [2.75, 3.05) is 26.2 Å². The smallest absolute Gasteiger partial charge is 0.252 e. The maximum Gasteiger partial charge on any atom is 0.252 e. The third-order valence-electron chi connectivity index (χ3n) is 3.64. The average molecular weight is 272 g/mol. The second-order valence-electron chi connectivity index (χ2n) is 4.63. The molecule has 17 heavy (non-hydrogen) atoms. The number of hydrogen-bond acceptors (Lipinski definition) is 4. The van der Waals surface area contributed by atoms with Crippen molar-refractivity contribution in [2.45, 2.75) is 23.1 Å². The van der Waals surface area contributed by atoms with E-state index in [2.05, 4.69) is 4.90 Å². The van der Waals surface area contributed by atoms with Gasteiger partial charge in [0.25, 0.3) is 10.0 Å². The normalized spacial score (nSPS) is 27.2. The van der Waals surface area contributed by atoms with Crippen LogP contribution in [0.3, 0.4) is 0 Å². The zero-order chi connectivity index (χ0) is 11.9. The largest absolute Gasteiger partial charge is 0.298 e. The molecule has 0 N–H and O–H groups in total. The first-order valence-electron chi connectivity index (χ1n) is 5.95. The molecule has 1 unspecified atom stereocenters. The van der Waals surface area contributed by atoms with Gasteiger partial charge in [0.1, 0.15) is 4.21 Å². The number of fused-ring (bicyclic) bond motifs is 1. The molecule has 1 aromatic rings. The lowest BCUT2D eigenvalue weighted by molar-refractivity contribution is 0.158. The van der Waals surface area contributed by atoms with Crippen LogP contribution in [0.25, 0.3) is 0 Å². The molecule has 1 aromatic heterocycles. The van der Waals surface area contributed by atoms with E-state index in [1.807, 2.05) is 5.38 Å². The van der Waals surface area contributed by atoms with Crippen molar-refractivity contribution in [1.29, 1.82) is 0 Å². The number of rotatable bonds is 2. The topological polar surface area (TPSA) is 40.6 Å². The van der Waals surface area contributed by atoms with Gasteiger partial charge < -0.3 is 0 Å². The van der Waals surface area contributed by atoms with Gasteiger partial charge in [-0.05, 0) is 30.8 Å². The molecule has 0 saturated carbocycles. The molecule has 0 aromatic carbocycles. The van der Waals surface area contributed by atoms with Crippen LogP contribution in [0.15, 0.2) is 21.7 Å². The summed E-state index contributed by atoms with van der Waals surface area (Å²) in [5.74, 6) is 0. The Morgan fingerprint density at radius 2 is 2.18 bits per heavy atom. The van der Waals surface area contributed by atoms with Gasteiger partial charge in [-0.1, -0.05) is 6.07 Å². The first-order valence-corrected chi connectivity index (χ1v) is 8.27. The van der Waals surface area contributed by atoms with E-state index in [1.54, 1.807) is 16.4 Å². The zero-order valence-corrected chi connectivity index (χ0v) is 11.2. The fourth-order valence-corrected chi connectivity index (χ4v) is 5.33. The average Bonchev–Trinajstić information content (AvgIpc) is 2.99. The standard InChI is InChI=1S/C11H16N2O2S2/c14-17(15,11-4-2-8-16-11)13-7-6-12-5-1-3-10(12)9-13/h2,4,8,10H,1,3,5-7,9H2. The number of piperazine rings is 1. The van der Waals surface area contributed by atoms with Crippen molar-refractivity contribution >= 4 is 21.4 Å². The Bertz CT molecular complexity index is 484. The van der Waals surface area contributed by atoms with Gasteiger partial charge in [-0.15, -0.1) is 11.3 Å². The molecule has 2 saturated heterocycles. The third kappa shape index (κ3) is 2.03. The van der Waals surface area contributed by atoms with Crippen LogP contribution in [-0.2, 0) is 10.0 Å². The summed E-state index contributed by atoms with van der Waals surface area (Å²) >= 11 is 1.31.